The highest BCUT2D eigenvalue weighted by Crippen LogP contribution is 2.22. The molecule has 0 aliphatic rings. The number of tetrazole rings is 1. The molecule has 2 aromatic rings. The average molecular weight is 356 g/mol. The Bertz CT molecular complexity index is 691. The van der Waals surface area contributed by atoms with Gasteiger partial charge in [0.05, 0.1) is 0 Å². The van der Waals surface area contributed by atoms with Gasteiger partial charge in [-0.25, -0.2) is 4.79 Å². The van der Waals surface area contributed by atoms with Gasteiger partial charge in [-0.3, -0.25) is 0 Å². The van der Waals surface area contributed by atoms with Crippen LogP contribution in [0.1, 0.15) is 39.1 Å². The molecular weight excluding hydrogens is 337 g/mol. The molecule has 124 valence electrons. The van der Waals surface area contributed by atoms with Crippen LogP contribution in [0.25, 0.3) is 0 Å². The summed E-state index contributed by atoms with van der Waals surface area (Å²) in [6, 6.07) is 5.01. The third-order valence-corrected chi connectivity index (χ3v) is 3.91. The van der Waals surface area contributed by atoms with Crippen LogP contribution in [0.15, 0.2) is 18.2 Å². The SMILES string of the molecule is CC(C)N(C(=O)n1nnc(Cc2ccc(Cl)cc2Cl)n1)C(C)C. The van der Waals surface area contributed by atoms with Gasteiger partial charge in [0, 0.05) is 28.5 Å². The van der Waals surface area contributed by atoms with Crippen molar-refractivity contribution in [3.63, 3.8) is 0 Å². The fourth-order valence-electron chi connectivity index (χ4n) is 2.37. The Balaban J connectivity index is 2.18. The minimum Gasteiger partial charge on any atom is -0.317 e. The third-order valence-electron chi connectivity index (χ3n) is 3.32. The molecule has 0 aliphatic carbocycles. The van der Waals surface area contributed by atoms with Crippen LogP contribution < -0.4 is 0 Å². The molecule has 1 heterocycles. The summed E-state index contributed by atoms with van der Waals surface area (Å²) in [6.07, 6.45) is 0.382. The minimum absolute atomic E-state index is 0.0441. The van der Waals surface area contributed by atoms with Crippen molar-refractivity contribution in [3.8, 4) is 0 Å². The second-order valence-electron chi connectivity index (χ2n) is 5.78. The van der Waals surface area contributed by atoms with Crippen LogP contribution in [-0.4, -0.2) is 43.2 Å². The van der Waals surface area contributed by atoms with Crippen molar-refractivity contribution in [2.24, 2.45) is 0 Å². The highest BCUT2D eigenvalue weighted by molar-refractivity contribution is 6.35. The van der Waals surface area contributed by atoms with Crippen LogP contribution in [0.2, 0.25) is 10.0 Å². The summed E-state index contributed by atoms with van der Waals surface area (Å²) in [5.41, 5.74) is 0.827. The molecule has 0 aliphatic heterocycles. The van der Waals surface area contributed by atoms with Crippen LogP contribution in [0.3, 0.4) is 0 Å². The molecule has 0 radical (unpaired) electrons. The van der Waals surface area contributed by atoms with Crippen molar-refractivity contribution in [2.75, 3.05) is 0 Å². The lowest BCUT2D eigenvalue weighted by Crippen LogP contribution is -2.45. The maximum Gasteiger partial charge on any atom is 0.363 e. The monoisotopic (exact) mass is 355 g/mol. The Kier molecular flexibility index (Phi) is 5.59. The topological polar surface area (TPSA) is 63.9 Å². The van der Waals surface area contributed by atoms with E-state index in [4.69, 9.17) is 23.2 Å². The van der Waals surface area contributed by atoms with Crippen LogP contribution >= 0.6 is 23.2 Å². The van der Waals surface area contributed by atoms with Gasteiger partial charge in [-0.05, 0) is 50.6 Å². The predicted octanol–water partition coefficient (Wildman–Crippen LogP) is 3.66. The van der Waals surface area contributed by atoms with Crippen molar-refractivity contribution in [2.45, 2.75) is 46.2 Å². The molecule has 0 spiro atoms. The fraction of sp³-hybridized carbons (Fsp3) is 0.467. The molecule has 1 aromatic heterocycles. The second kappa shape index (κ2) is 7.27. The van der Waals surface area contributed by atoms with Crippen molar-refractivity contribution < 1.29 is 4.79 Å². The fourth-order valence-corrected chi connectivity index (χ4v) is 2.85. The number of aromatic nitrogens is 4. The Morgan fingerprint density at radius 3 is 2.43 bits per heavy atom. The van der Waals surface area contributed by atoms with Crippen molar-refractivity contribution in [1.82, 2.24) is 25.1 Å². The highest BCUT2D eigenvalue weighted by atomic mass is 35.5. The number of amides is 1. The van der Waals surface area contributed by atoms with E-state index in [1.165, 1.54) is 0 Å². The largest absolute Gasteiger partial charge is 0.363 e. The molecule has 8 heteroatoms. The predicted molar refractivity (Wildman–Crippen MR) is 90.0 cm³/mol. The summed E-state index contributed by atoms with van der Waals surface area (Å²) in [5.74, 6) is 0.426. The van der Waals surface area contributed by atoms with E-state index in [-0.39, 0.29) is 18.1 Å². The van der Waals surface area contributed by atoms with E-state index >= 15 is 0 Å². The van der Waals surface area contributed by atoms with E-state index in [0.29, 0.717) is 22.3 Å². The maximum atomic E-state index is 12.5. The van der Waals surface area contributed by atoms with Gasteiger partial charge in [0.15, 0.2) is 5.82 Å². The summed E-state index contributed by atoms with van der Waals surface area (Å²) in [6.45, 7) is 7.79. The molecule has 0 saturated carbocycles. The molecule has 0 bridgehead atoms. The molecular formula is C15H19Cl2N5O. The summed E-state index contributed by atoms with van der Waals surface area (Å²) in [5, 5.41) is 13.1. The van der Waals surface area contributed by atoms with Gasteiger partial charge in [0.2, 0.25) is 0 Å². The zero-order valence-electron chi connectivity index (χ0n) is 13.5. The number of halogens is 2. The van der Waals surface area contributed by atoms with Gasteiger partial charge in [-0.2, -0.15) is 0 Å². The molecule has 6 nitrogen and oxygen atoms in total. The van der Waals surface area contributed by atoms with Crippen molar-refractivity contribution in [1.29, 1.82) is 0 Å². The molecule has 0 atom stereocenters. The number of benzene rings is 1. The Morgan fingerprint density at radius 1 is 1.22 bits per heavy atom. The third kappa shape index (κ3) is 4.20. The number of hydrogen-bond acceptors (Lipinski definition) is 4. The van der Waals surface area contributed by atoms with Crippen LogP contribution in [-0.2, 0) is 6.42 Å². The number of carbonyl (C=O) groups excluding carboxylic acids is 1. The number of carbonyl (C=O) groups is 1. The smallest absolute Gasteiger partial charge is 0.317 e. The van der Waals surface area contributed by atoms with Gasteiger partial charge in [-0.1, -0.05) is 34.1 Å². The number of nitrogens with zero attached hydrogens (tertiary/aromatic N) is 5. The second-order valence-corrected chi connectivity index (χ2v) is 6.63. The first kappa shape index (κ1) is 17.7. The first-order valence-corrected chi connectivity index (χ1v) is 8.10. The summed E-state index contributed by atoms with van der Waals surface area (Å²) in [4.78, 5) is 15.2. The number of rotatable bonds is 4. The molecule has 0 unspecified atom stereocenters. The Hall–Kier alpha value is -1.66. The molecule has 0 N–H and O–H groups in total. The highest BCUT2D eigenvalue weighted by Gasteiger charge is 2.24. The molecule has 1 amide bonds. The Labute approximate surface area is 145 Å². The molecule has 23 heavy (non-hydrogen) atoms. The van der Waals surface area contributed by atoms with Crippen LogP contribution in [0.4, 0.5) is 4.79 Å². The lowest BCUT2D eigenvalue weighted by Gasteiger charge is -2.29. The van der Waals surface area contributed by atoms with Crippen molar-refractivity contribution >= 4 is 29.2 Å². The number of hydrogen-bond donors (Lipinski definition) is 0. The van der Waals surface area contributed by atoms with Gasteiger partial charge in [0.25, 0.3) is 0 Å². The first-order valence-electron chi connectivity index (χ1n) is 7.35. The molecule has 0 fully saturated rings. The quantitative estimate of drug-likeness (QED) is 0.839. The summed E-state index contributed by atoms with van der Waals surface area (Å²) >= 11 is 12.0. The Morgan fingerprint density at radius 2 is 1.87 bits per heavy atom. The van der Waals surface area contributed by atoms with Gasteiger partial charge in [-0.15, -0.1) is 10.2 Å². The van der Waals surface area contributed by atoms with Gasteiger partial charge >= 0.3 is 6.03 Å². The van der Waals surface area contributed by atoms with Crippen LogP contribution in [0, 0.1) is 0 Å². The standard InChI is InChI=1S/C15H19Cl2N5O/c1-9(2)21(10(3)4)15(23)22-19-14(18-20-22)7-11-5-6-12(16)8-13(11)17/h5-6,8-10H,7H2,1-4H3. The van der Waals surface area contributed by atoms with E-state index in [2.05, 4.69) is 15.4 Å². The van der Waals surface area contributed by atoms with E-state index in [0.717, 1.165) is 10.4 Å². The van der Waals surface area contributed by atoms with Crippen LogP contribution in [0.5, 0.6) is 0 Å². The zero-order valence-corrected chi connectivity index (χ0v) is 15.0. The normalized spacial score (nSPS) is 11.3. The van der Waals surface area contributed by atoms with E-state index in [9.17, 15) is 4.79 Å². The molecule has 0 saturated heterocycles. The average Bonchev–Trinajstić information content (AvgIpc) is 2.89. The molecule has 2 rings (SSSR count). The van der Waals surface area contributed by atoms with Gasteiger partial charge < -0.3 is 4.90 Å². The lowest BCUT2D eigenvalue weighted by atomic mass is 10.1. The zero-order chi connectivity index (χ0) is 17.1. The van der Waals surface area contributed by atoms with E-state index in [1.807, 2.05) is 33.8 Å². The summed E-state index contributed by atoms with van der Waals surface area (Å²) < 4.78 is 0. The first-order chi connectivity index (χ1) is 10.8. The molecule has 1 aromatic carbocycles. The van der Waals surface area contributed by atoms with Crippen molar-refractivity contribution in [3.05, 3.63) is 39.6 Å². The minimum atomic E-state index is -0.295. The van der Waals surface area contributed by atoms with E-state index < -0.39 is 0 Å². The maximum absolute atomic E-state index is 12.5. The van der Waals surface area contributed by atoms with Gasteiger partial charge in [0.1, 0.15) is 0 Å². The summed E-state index contributed by atoms with van der Waals surface area (Å²) in [7, 11) is 0. The lowest BCUT2D eigenvalue weighted by molar-refractivity contribution is 0.159. The van der Waals surface area contributed by atoms with E-state index in [1.54, 1.807) is 17.0 Å².